The van der Waals surface area contributed by atoms with Crippen molar-refractivity contribution in [1.82, 2.24) is 4.98 Å². The van der Waals surface area contributed by atoms with E-state index in [4.69, 9.17) is 20.9 Å². The van der Waals surface area contributed by atoms with Crippen molar-refractivity contribution in [2.24, 2.45) is 5.73 Å². The zero-order valence-corrected chi connectivity index (χ0v) is 15.8. The third kappa shape index (κ3) is 4.00. The van der Waals surface area contributed by atoms with E-state index in [0.717, 1.165) is 5.56 Å². The average Bonchev–Trinajstić information content (AvgIpc) is 2.75. The number of benzene rings is 3. The molecule has 6 nitrogen and oxygen atoms in total. The number of nitrogens with zero attached hydrogens (tertiary/aromatic N) is 1. The number of rotatable bonds is 6. The molecule has 3 aromatic carbocycles. The maximum absolute atomic E-state index is 13.7. The molecule has 0 bridgehead atoms. The van der Waals surface area contributed by atoms with E-state index in [-0.39, 0.29) is 23.6 Å². The third-order valence-corrected chi connectivity index (χ3v) is 4.51. The SMILES string of the molecule is NC(=O)c1cc2c(Oc3ccc(N)c(F)c3)ccnc2cc1OCc1ccccc1. The van der Waals surface area contributed by atoms with E-state index >= 15 is 0 Å². The molecule has 4 N–H and O–H groups in total. The summed E-state index contributed by atoms with van der Waals surface area (Å²) in [5, 5.41) is 0.538. The first-order valence-corrected chi connectivity index (χ1v) is 9.13. The fraction of sp³-hybridized carbons (Fsp3) is 0.0435. The molecule has 4 aromatic rings. The number of anilines is 1. The lowest BCUT2D eigenvalue weighted by Crippen LogP contribution is -2.13. The minimum Gasteiger partial charge on any atom is -0.488 e. The van der Waals surface area contributed by atoms with E-state index in [0.29, 0.717) is 22.4 Å². The number of primary amides is 1. The number of hydrogen-bond donors (Lipinski definition) is 2. The van der Waals surface area contributed by atoms with Crippen molar-refractivity contribution in [2.45, 2.75) is 6.61 Å². The number of halogens is 1. The third-order valence-electron chi connectivity index (χ3n) is 4.51. The fourth-order valence-electron chi connectivity index (χ4n) is 2.98. The first-order valence-electron chi connectivity index (χ1n) is 9.13. The number of fused-ring (bicyclic) bond motifs is 1. The normalized spacial score (nSPS) is 10.7. The molecule has 0 saturated carbocycles. The number of pyridine rings is 1. The minimum atomic E-state index is -0.645. The minimum absolute atomic E-state index is 0.0261. The zero-order valence-electron chi connectivity index (χ0n) is 15.8. The van der Waals surface area contributed by atoms with Gasteiger partial charge in [-0.2, -0.15) is 0 Å². The van der Waals surface area contributed by atoms with Crippen LogP contribution in [0.1, 0.15) is 15.9 Å². The molecule has 30 heavy (non-hydrogen) atoms. The number of carbonyl (C=O) groups is 1. The van der Waals surface area contributed by atoms with Crippen LogP contribution in [-0.4, -0.2) is 10.9 Å². The van der Waals surface area contributed by atoms with Gasteiger partial charge in [0.15, 0.2) is 0 Å². The zero-order chi connectivity index (χ0) is 21.1. The van der Waals surface area contributed by atoms with E-state index in [9.17, 15) is 9.18 Å². The fourth-order valence-corrected chi connectivity index (χ4v) is 2.98. The van der Waals surface area contributed by atoms with Gasteiger partial charge in [0.05, 0.1) is 16.8 Å². The molecule has 150 valence electrons. The summed E-state index contributed by atoms with van der Waals surface area (Å²) in [6.07, 6.45) is 1.55. The van der Waals surface area contributed by atoms with Crippen LogP contribution in [0.2, 0.25) is 0 Å². The summed E-state index contributed by atoms with van der Waals surface area (Å²) >= 11 is 0. The molecule has 4 rings (SSSR count). The summed E-state index contributed by atoms with van der Waals surface area (Å²) < 4.78 is 25.4. The quantitative estimate of drug-likeness (QED) is 0.464. The Morgan fingerprint density at radius 3 is 2.53 bits per heavy atom. The van der Waals surface area contributed by atoms with Crippen LogP contribution in [0.25, 0.3) is 10.9 Å². The van der Waals surface area contributed by atoms with Gasteiger partial charge in [-0.15, -0.1) is 0 Å². The molecule has 0 fully saturated rings. The van der Waals surface area contributed by atoms with Crippen LogP contribution < -0.4 is 20.9 Å². The van der Waals surface area contributed by atoms with Crippen LogP contribution in [0.4, 0.5) is 10.1 Å². The van der Waals surface area contributed by atoms with Crippen molar-refractivity contribution in [3.05, 3.63) is 89.9 Å². The lowest BCUT2D eigenvalue weighted by Gasteiger charge is -2.13. The Hall–Kier alpha value is -4.13. The highest BCUT2D eigenvalue weighted by Crippen LogP contribution is 2.34. The van der Waals surface area contributed by atoms with Gasteiger partial charge in [0.25, 0.3) is 5.91 Å². The molecule has 0 aliphatic rings. The Kier molecular flexibility index (Phi) is 5.17. The molecule has 1 aromatic heterocycles. The first-order chi connectivity index (χ1) is 14.5. The van der Waals surface area contributed by atoms with E-state index in [1.807, 2.05) is 30.3 Å². The number of carbonyl (C=O) groups excluding carboxylic acids is 1. The second-order valence-corrected chi connectivity index (χ2v) is 6.60. The lowest BCUT2D eigenvalue weighted by atomic mass is 10.1. The highest BCUT2D eigenvalue weighted by atomic mass is 19.1. The van der Waals surface area contributed by atoms with Gasteiger partial charge in [-0.25, -0.2) is 4.39 Å². The Labute approximate surface area is 171 Å². The van der Waals surface area contributed by atoms with Crippen LogP contribution >= 0.6 is 0 Å². The maximum Gasteiger partial charge on any atom is 0.252 e. The Balaban J connectivity index is 1.71. The van der Waals surface area contributed by atoms with Gasteiger partial charge < -0.3 is 20.9 Å². The molecule has 7 heteroatoms. The predicted molar refractivity (Wildman–Crippen MR) is 112 cm³/mol. The van der Waals surface area contributed by atoms with Crippen LogP contribution in [0.15, 0.2) is 72.9 Å². The summed E-state index contributed by atoms with van der Waals surface area (Å²) in [6.45, 7) is 0.271. The number of hydrogen-bond acceptors (Lipinski definition) is 5. The predicted octanol–water partition coefficient (Wildman–Crippen LogP) is 4.43. The summed E-state index contributed by atoms with van der Waals surface area (Å²) in [5.41, 5.74) is 12.8. The topological polar surface area (TPSA) is 100 Å². The van der Waals surface area contributed by atoms with Crippen LogP contribution in [0, 0.1) is 5.82 Å². The Morgan fingerprint density at radius 1 is 1.00 bits per heavy atom. The molecule has 0 aliphatic carbocycles. The van der Waals surface area contributed by atoms with Crippen molar-refractivity contribution in [3.8, 4) is 17.2 Å². The maximum atomic E-state index is 13.7. The van der Waals surface area contributed by atoms with E-state index in [2.05, 4.69) is 4.98 Å². The number of nitrogen functional groups attached to an aromatic ring is 1. The summed E-state index contributed by atoms with van der Waals surface area (Å²) in [5.74, 6) is -0.254. The summed E-state index contributed by atoms with van der Waals surface area (Å²) in [7, 11) is 0. The molecule has 0 radical (unpaired) electrons. The monoisotopic (exact) mass is 403 g/mol. The smallest absolute Gasteiger partial charge is 0.252 e. The number of ether oxygens (including phenoxy) is 2. The molecule has 0 saturated heterocycles. The molecule has 0 aliphatic heterocycles. The average molecular weight is 403 g/mol. The van der Waals surface area contributed by atoms with Gasteiger partial charge in [0.1, 0.15) is 29.7 Å². The Morgan fingerprint density at radius 2 is 1.80 bits per heavy atom. The molecule has 0 spiro atoms. The molecular weight excluding hydrogens is 385 g/mol. The van der Waals surface area contributed by atoms with Crippen molar-refractivity contribution in [2.75, 3.05) is 5.73 Å². The van der Waals surface area contributed by atoms with Gasteiger partial charge in [-0.05, 0) is 29.8 Å². The van der Waals surface area contributed by atoms with Crippen molar-refractivity contribution in [1.29, 1.82) is 0 Å². The lowest BCUT2D eigenvalue weighted by molar-refractivity contribution is 0.0996. The standard InChI is InChI=1S/C23H18FN3O3/c24-18-10-15(6-7-19(18)25)30-21-8-9-27-20-12-22(17(23(26)28)11-16(20)21)29-13-14-4-2-1-3-5-14/h1-12H,13,25H2,(H2,26,28). The molecule has 0 atom stereocenters. The highest BCUT2D eigenvalue weighted by Gasteiger charge is 2.15. The van der Waals surface area contributed by atoms with Gasteiger partial charge >= 0.3 is 0 Å². The van der Waals surface area contributed by atoms with E-state index < -0.39 is 11.7 Å². The van der Waals surface area contributed by atoms with Crippen LogP contribution in [0.5, 0.6) is 17.2 Å². The Bertz CT molecular complexity index is 1230. The summed E-state index contributed by atoms with van der Waals surface area (Å²) in [4.78, 5) is 16.4. The number of nitrogens with two attached hydrogens (primary N) is 2. The second-order valence-electron chi connectivity index (χ2n) is 6.60. The van der Waals surface area contributed by atoms with Gasteiger partial charge in [0.2, 0.25) is 0 Å². The number of aromatic nitrogens is 1. The van der Waals surface area contributed by atoms with Crippen molar-refractivity contribution >= 4 is 22.5 Å². The largest absolute Gasteiger partial charge is 0.488 e. The second kappa shape index (κ2) is 8.08. The molecule has 0 unspecified atom stereocenters. The summed E-state index contributed by atoms with van der Waals surface area (Å²) in [6, 6.07) is 18.5. The van der Waals surface area contributed by atoms with Crippen molar-refractivity contribution < 1.29 is 18.7 Å². The first kappa shape index (κ1) is 19.2. The van der Waals surface area contributed by atoms with E-state index in [1.54, 1.807) is 30.5 Å². The van der Waals surface area contributed by atoms with Crippen LogP contribution in [0.3, 0.4) is 0 Å². The number of amides is 1. The molecule has 1 amide bonds. The van der Waals surface area contributed by atoms with E-state index in [1.165, 1.54) is 12.1 Å². The molecular formula is C23H18FN3O3. The van der Waals surface area contributed by atoms with Crippen LogP contribution in [-0.2, 0) is 6.61 Å². The van der Waals surface area contributed by atoms with Gasteiger partial charge in [-0.1, -0.05) is 30.3 Å². The van der Waals surface area contributed by atoms with Gasteiger partial charge in [0, 0.05) is 23.7 Å². The van der Waals surface area contributed by atoms with Gasteiger partial charge in [-0.3, -0.25) is 9.78 Å². The van der Waals surface area contributed by atoms with Crippen molar-refractivity contribution in [3.63, 3.8) is 0 Å². The molecule has 1 heterocycles. The highest BCUT2D eigenvalue weighted by molar-refractivity contribution is 6.01.